The second kappa shape index (κ2) is 5.92. The molecule has 0 radical (unpaired) electrons. The van der Waals surface area contributed by atoms with E-state index in [0.717, 1.165) is 24.2 Å². The van der Waals surface area contributed by atoms with E-state index in [1.165, 1.54) is 0 Å². The molecule has 1 aliphatic rings. The van der Waals surface area contributed by atoms with Crippen molar-refractivity contribution in [3.8, 4) is 0 Å². The Morgan fingerprint density at radius 1 is 1.37 bits per heavy atom. The average Bonchev–Trinajstić information content (AvgIpc) is 2.75. The Bertz CT molecular complexity index is 528. The van der Waals surface area contributed by atoms with Gasteiger partial charge in [0.05, 0.1) is 11.4 Å². The van der Waals surface area contributed by atoms with Crippen molar-refractivity contribution in [1.82, 2.24) is 5.32 Å². The van der Waals surface area contributed by atoms with Crippen LogP contribution >= 0.6 is 0 Å². The third-order valence-corrected chi connectivity index (χ3v) is 5.33. The minimum Gasteiger partial charge on any atom is -0.310 e. The number of para-hydroxylation sites is 1. The number of nitrogens with zero attached hydrogens (tertiary/aromatic N) is 1. The number of sulfonamides is 1. The predicted molar refractivity (Wildman–Crippen MR) is 78.9 cm³/mol. The lowest BCUT2D eigenvalue weighted by molar-refractivity contribution is 0.570. The first-order valence-electron chi connectivity index (χ1n) is 6.89. The van der Waals surface area contributed by atoms with Crippen molar-refractivity contribution in [2.45, 2.75) is 32.7 Å². The minimum absolute atomic E-state index is 0.159. The number of benzene rings is 1. The van der Waals surface area contributed by atoms with Crippen LogP contribution in [-0.4, -0.2) is 27.3 Å². The van der Waals surface area contributed by atoms with Gasteiger partial charge in [0.25, 0.3) is 0 Å². The van der Waals surface area contributed by atoms with Gasteiger partial charge >= 0.3 is 0 Å². The Labute approximate surface area is 115 Å². The summed E-state index contributed by atoms with van der Waals surface area (Å²) in [6, 6.07) is 7.94. The Morgan fingerprint density at radius 3 is 2.74 bits per heavy atom. The van der Waals surface area contributed by atoms with E-state index in [-0.39, 0.29) is 11.8 Å². The summed E-state index contributed by atoms with van der Waals surface area (Å²) < 4.78 is 25.7. The Morgan fingerprint density at radius 2 is 2.11 bits per heavy atom. The summed E-state index contributed by atoms with van der Waals surface area (Å²) >= 11 is 0. The number of rotatable bonds is 5. The molecule has 4 nitrogen and oxygen atoms in total. The van der Waals surface area contributed by atoms with Crippen molar-refractivity contribution < 1.29 is 8.42 Å². The van der Waals surface area contributed by atoms with Gasteiger partial charge in [0.15, 0.2) is 0 Å². The maximum atomic E-state index is 12.1. The van der Waals surface area contributed by atoms with Gasteiger partial charge < -0.3 is 5.32 Å². The third kappa shape index (κ3) is 3.09. The molecule has 106 valence electrons. The zero-order valence-corrected chi connectivity index (χ0v) is 12.4. The maximum Gasteiger partial charge on any atom is 0.235 e. The summed E-state index contributed by atoms with van der Waals surface area (Å²) in [6.45, 7) is 5.73. The van der Waals surface area contributed by atoms with Crippen LogP contribution in [0.25, 0.3) is 0 Å². The minimum atomic E-state index is -3.11. The number of nitrogens with one attached hydrogen (secondary N) is 1. The molecule has 1 aromatic rings. The van der Waals surface area contributed by atoms with E-state index in [1.807, 2.05) is 24.3 Å². The number of hydrogen-bond acceptors (Lipinski definition) is 3. The van der Waals surface area contributed by atoms with Crippen molar-refractivity contribution in [1.29, 1.82) is 0 Å². The second-order valence-electron chi connectivity index (χ2n) is 4.98. The van der Waals surface area contributed by atoms with Crippen LogP contribution in [0.3, 0.4) is 0 Å². The van der Waals surface area contributed by atoms with Gasteiger partial charge in [-0.25, -0.2) is 8.42 Å². The molecular weight excluding hydrogens is 260 g/mol. The molecule has 0 amide bonds. The molecule has 0 aliphatic carbocycles. The molecule has 19 heavy (non-hydrogen) atoms. The molecule has 1 aromatic carbocycles. The Balaban J connectivity index is 2.31. The lowest BCUT2D eigenvalue weighted by Crippen LogP contribution is -2.28. The van der Waals surface area contributed by atoms with Gasteiger partial charge in [0.2, 0.25) is 10.0 Å². The zero-order chi connectivity index (χ0) is 13.9. The quantitative estimate of drug-likeness (QED) is 0.901. The van der Waals surface area contributed by atoms with Crippen LogP contribution in [0.2, 0.25) is 0 Å². The van der Waals surface area contributed by atoms with Crippen LogP contribution in [0.4, 0.5) is 5.69 Å². The Kier molecular flexibility index (Phi) is 4.47. The molecule has 0 saturated carbocycles. The molecule has 1 aliphatic heterocycles. The number of hydrogen-bond donors (Lipinski definition) is 1. The topological polar surface area (TPSA) is 49.4 Å². The fraction of sp³-hybridized carbons (Fsp3) is 0.571. The zero-order valence-electron chi connectivity index (χ0n) is 11.6. The summed E-state index contributed by atoms with van der Waals surface area (Å²) in [6.07, 6.45) is 1.78. The van der Waals surface area contributed by atoms with Crippen molar-refractivity contribution >= 4 is 15.7 Å². The van der Waals surface area contributed by atoms with Crippen LogP contribution in [0.15, 0.2) is 24.3 Å². The van der Waals surface area contributed by atoms with E-state index in [9.17, 15) is 8.42 Å². The fourth-order valence-corrected chi connectivity index (χ4v) is 4.05. The van der Waals surface area contributed by atoms with Crippen LogP contribution in [0.1, 0.15) is 38.3 Å². The highest BCUT2D eigenvalue weighted by atomic mass is 32.2. The Hall–Kier alpha value is -1.07. The second-order valence-corrected chi connectivity index (χ2v) is 6.99. The van der Waals surface area contributed by atoms with Gasteiger partial charge in [-0.05, 0) is 37.9 Å². The molecule has 1 saturated heterocycles. The molecule has 5 heteroatoms. The molecule has 1 atom stereocenters. The van der Waals surface area contributed by atoms with Crippen LogP contribution < -0.4 is 9.62 Å². The summed E-state index contributed by atoms with van der Waals surface area (Å²) in [5, 5.41) is 3.42. The molecule has 0 bridgehead atoms. The van der Waals surface area contributed by atoms with Gasteiger partial charge in [-0.1, -0.05) is 25.1 Å². The molecule has 1 heterocycles. The van der Waals surface area contributed by atoms with Gasteiger partial charge in [0.1, 0.15) is 0 Å². The summed E-state index contributed by atoms with van der Waals surface area (Å²) in [5.74, 6) is 0.262. The molecular formula is C14H22N2O2S. The summed E-state index contributed by atoms with van der Waals surface area (Å²) in [4.78, 5) is 0. The number of anilines is 1. The van der Waals surface area contributed by atoms with E-state index < -0.39 is 10.0 Å². The van der Waals surface area contributed by atoms with E-state index in [4.69, 9.17) is 0 Å². The first-order valence-corrected chi connectivity index (χ1v) is 8.50. The first kappa shape index (κ1) is 14.3. The van der Waals surface area contributed by atoms with Crippen LogP contribution in [-0.2, 0) is 10.0 Å². The van der Waals surface area contributed by atoms with E-state index in [2.05, 4.69) is 19.2 Å². The lowest BCUT2D eigenvalue weighted by Gasteiger charge is -2.24. The summed E-state index contributed by atoms with van der Waals surface area (Å²) in [5.41, 5.74) is 1.89. The highest BCUT2D eigenvalue weighted by molar-refractivity contribution is 7.93. The monoisotopic (exact) mass is 282 g/mol. The highest BCUT2D eigenvalue weighted by Gasteiger charge is 2.30. The molecule has 1 fully saturated rings. The SMILES string of the molecule is CCCNC(C)c1ccccc1N1CCCS1(=O)=O. The molecule has 2 rings (SSSR count). The largest absolute Gasteiger partial charge is 0.310 e. The van der Waals surface area contributed by atoms with E-state index in [1.54, 1.807) is 4.31 Å². The van der Waals surface area contributed by atoms with Crippen molar-refractivity contribution in [2.24, 2.45) is 0 Å². The van der Waals surface area contributed by atoms with Gasteiger partial charge in [-0.3, -0.25) is 4.31 Å². The normalized spacial score (nSPS) is 19.6. The first-order chi connectivity index (χ1) is 9.06. The van der Waals surface area contributed by atoms with Crippen molar-refractivity contribution in [2.75, 3.05) is 23.1 Å². The molecule has 0 spiro atoms. The summed E-state index contributed by atoms with van der Waals surface area (Å²) in [7, 11) is -3.11. The predicted octanol–water partition coefficient (Wildman–Crippen LogP) is 2.29. The average molecular weight is 282 g/mol. The van der Waals surface area contributed by atoms with Gasteiger partial charge in [-0.2, -0.15) is 0 Å². The molecule has 1 unspecified atom stereocenters. The smallest absolute Gasteiger partial charge is 0.235 e. The van der Waals surface area contributed by atoms with Gasteiger partial charge in [0, 0.05) is 12.6 Å². The fourth-order valence-electron chi connectivity index (χ4n) is 2.46. The standard InChI is InChI=1S/C14H22N2O2S/c1-3-9-15-12(2)13-7-4-5-8-14(13)16-10-6-11-19(16,17)18/h4-5,7-8,12,15H,3,6,9-11H2,1-2H3. The van der Waals surface area contributed by atoms with Crippen LogP contribution in [0.5, 0.6) is 0 Å². The van der Waals surface area contributed by atoms with E-state index >= 15 is 0 Å². The van der Waals surface area contributed by atoms with E-state index in [0.29, 0.717) is 13.0 Å². The molecule has 1 N–H and O–H groups in total. The van der Waals surface area contributed by atoms with Crippen LogP contribution in [0, 0.1) is 0 Å². The van der Waals surface area contributed by atoms with Crippen molar-refractivity contribution in [3.05, 3.63) is 29.8 Å². The lowest BCUT2D eigenvalue weighted by atomic mass is 10.1. The highest BCUT2D eigenvalue weighted by Crippen LogP contribution is 2.31. The maximum absolute atomic E-state index is 12.1. The molecule has 0 aromatic heterocycles. The third-order valence-electron chi connectivity index (χ3n) is 3.47. The van der Waals surface area contributed by atoms with Crippen molar-refractivity contribution in [3.63, 3.8) is 0 Å². The van der Waals surface area contributed by atoms with Gasteiger partial charge in [-0.15, -0.1) is 0 Å².